The summed E-state index contributed by atoms with van der Waals surface area (Å²) in [5, 5.41) is 8.29. The highest BCUT2D eigenvalue weighted by molar-refractivity contribution is 6.08. The van der Waals surface area contributed by atoms with Crippen molar-refractivity contribution in [2.45, 2.75) is 13.2 Å². The molecule has 0 N–H and O–H groups in total. The van der Waals surface area contributed by atoms with E-state index in [0.717, 1.165) is 22.4 Å². The van der Waals surface area contributed by atoms with Crippen molar-refractivity contribution in [1.82, 2.24) is 10.3 Å². The van der Waals surface area contributed by atoms with E-state index in [-0.39, 0.29) is 19.0 Å². The molecule has 0 atom stereocenters. The predicted molar refractivity (Wildman–Crippen MR) is 159 cm³/mol. The van der Waals surface area contributed by atoms with Gasteiger partial charge in [-0.25, -0.2) is 0 Å². The van der Waals surface area contributed by atoms with Crippen molar-refractivity contribution in [2.75, 3.05) is 0 Å². The Morgan fingerprint density at radius 1 is 0.643 bits per heavy atom. The van der Waals surface area contributed by atoms with E-state index in [4.69, 9.17) is 18.5 Å². The minimum Gasteiger partial charge on any atom is -0.485 e. The van der Waals surface area contributed by atoms with E-state index in [1.54, 1.807) is 24.3 Å². The van der Waals surface area contributed by atoms with E-state index in [9.17, 15) is 4.79 Å². The summed E-state index contributed by atoms with van der Waals surface area (Å²) in [5.41, 5.74) is 4.64. The number of rotatable bonds is 11. The molecule has 0 radical (unpaired) electrons. The van der Waals surface area contributed by atoms with Gasteiger partial charge in [-0.15, -0.1) is 0 Å². The normalized spacial score (nSPS) is 11.0. The van der Waals surface area contributed by atoms with Gasteiger partial charge in [0.05, 0.1) is 5.56 Å². The van der Waals surface area contributed by atoms with Gasteiger partial charge in [0, 0.05) is 29.3 Å². The minimum absolute atomic E-state index is 0.0779. The van der Waals surface area contributed by atoms with Crippen LogP contribution in [-0.2, 0) is 13.2 Å². The Bertz CT molecular complexity index is 1790. The Kier molecular flexibility index (Phi) is 7.99. The lowest BCUT2D eigenvalue weighted by molar-refractivity contribution is 0.104. The molecule has 2 heterocycles. The summed E-state index contributed by atoms with van der Waals surface area (Å²) < 4.78 is 23.0. The molecule has 4 aromatic carbocycles. The van der Waals surface area contributed by atoms with Crippen LogP contribution >= 0.6 is 0 Å². The van der Waals surface area contributed by atoms with Gasteiger partial charge in [0.25, 0.3) is 0 Å². The first-order chi connectivity index (χ1) is 20.7. The molecular weight excluding hydrogens is 528 g/mol. The van der Waals surface area contributed by atoms with Crippen LogP contribution in [-0.4, -0.2) is 16.1 Å². The molecule has 7 nitrogen and oxygen atoms in total. The highest BCUT2D eigenvalue weighted by atomic mass is 16.5. The first-order valence-electron chi connectivity index (χ1n) is 13.4. The number of hydrogen-bond donors (Lipinski definition) is 0. The Balaban J connectivity index is 1.20. The molecule has 42 heavy (non-hydrogen) atoms. The molecule has 0 bridgehead atoms. The van der Waals surface area contributed by atoms with Gasteiger partial charge in [-0.1, -0.05) is 107 Å². The van der Waals surface area contributed by atoms with E-state index in [1.807, 2.05) is 103 Å². The quantitative estimate of drug-likeness (QED) is 0.118. The predicted octanol–water partition coefficient (Wildman–Crippen LogP) is 8.05. The third kappa shape index (κ3) is 6.54. The van der Waals surface area contributed by atoms with Crippen LogP contribution in [0.5, 0.6) is 11.5 Å². The zero-order chi connectivity index (χ0) is 28.6. The van der Waals surface area contributed by atoms with Crippen LogP contribution in [0.15, 0.2) is 136 Å². The van der Waals surface area contributed by atoms with E-state index >= 15 is 0 Å². The van der Waals surface area contributed by atoms with Crippen LogP contribution < -0.4 is 9.47 Å². The van der Waals surface area contributed by atoms with Crippen molar-refractivity contribution >= 4 is 11.9 Å². The zero-order valence-electron chi connectivity index (χ0n) is 22.6. The minimum atomic E-state index is -0.203. The van der Waals surface area contributed by atoms with Gasteiger partial charge < -0.3 is 18.5 Å². The molecule has 2 aromatic heterocycles. The Labute approximate surface area is 242 Å². The van der Waals surface area contributed by atoms with Crippen molar-refractivity contribution in [3.63, 3.8) is 0 Å². The maximum atomic E-state index is 13.2. The number of allylic oxidation sites excluding steroid dienone is 1. The number of ether oxygens (including phenoxy) is 2. The van der Waals surface area contributed by atoms with Crippen molar-refractivity contribution in [3.05, 3.63) is 150 Å². The molecule has 0 aliphatic carbocycles. The highest BCUT2D eigenvalue weighted by Crippen LogP contribution is 2.29. The Morgan fingerprint density at radius 2 is 1.19 bits per heavy atom. The number of nitrogens with zero attached hydrogens (tertiary/aromatic N) is 2. The van der Waals surface area contributed by atoms with Crippen molar-refractivity contribution in [3.8, 4) is 34.0 Å². The maximum Gasteiger partial charge on any atom is 0.189 e. The van der Waals surface area contributed by atoms with Gasteiger partial charge in [0.2, 0.25) is 0 Å². The average Bonchev–Trinajstić information content (AvgIpc) is 3.73. The van der Waals surface area contributed by atoms with Gasteiger partial charge in [0.15, 0.2) is 17.3 Å². The molecule has 0 aliphatic heterocycles. The molecule has 0 saturated carbocycles. The highest BCUT2D eigenvalue weighted by Gasteiger charge is 2.15. The summed E-state index contributed by atoms with van der Waals surface area (Å²) >= 11 is 0. The number of benzene rings is 4. The molecule has 206 valence electrons. The second-order valence-corrected chi connectivity index (χ2v) is 9.43. The monoisotopic (exact) mass is 554 g/mol. The lowest BCUT2D eigenvalue weighted by Crippen LogP contribution is -2.03. The largest absolute Gasteiger partial charge is 0.485 e. The van der Waals surface area contributed by atoms with Gasteiger partial charge in [-0.3, -0.25) is 4.79 Å². The Hall–Kier alpha value is -5.69. The third-order valence-corrected chi connectivity index (χ3v) is 6.45. The van der Waals surface area contributed by atoms with Gasteiger partial charge in [0.1, 0.15) is 36.1 Å². The maximum absolute atomic E-state index is 13.2. The van der Waals surface area contributed by atoms with E-state index in [2.05, 4.69) is 10.3 Å². The van der Waals surface area contributed by atoms with Crippen LogP contribution in [0, 0.1) is 0 Å². The van der Waals surface area contributed by atoms with Gasteiger partial charge >= 0.3 is 0 Å². The average molecular weight is 555 g/mol. The summed E-state index contributed by atoms with van der Waals surface area (Å²) in [5.74, 6) is 1.75. The molecule has 0 amide bonds. The summed E-state index contributed by atoms with van der Waals surface area (Å²) in [6.07, 6.45) is 3.30. The number of aromatic nitrogens is 2. The number of ketones is 1. The lowest BCUT2D eigenvalue weighted by Gasteiger charge is -2.11. The lowest BCUT2D eigenvalue weighted by atomic mass is 10.1. The topological polar surface area (TPSA) is 87.6 Å². The molecule has 6 rings (SSSR count). The summed E-state index contributed by atoms with van der Waals surface area (Å²) in [7, 11) is 0. The molecule has 7 heteroatoms. The zero-order valence-corrected chi connectivity index (χ0v) is 22.6. The van der Waals surface area contributed by atoms with E-state index in [0.29, 0.717) is 34.3 Å². The van der Waals surface area contributed by atoms with Crippen molar-refractivity contribution in [1.29, 1.82) is 0 Å². The summed E-state index contributed by atoms with van der Waals surface area (Å²) in [6, 6.07) is 37.9. The molecular formula is C35H26N2O5. The van der Waals surface area contributed by atoms with Gasteiger partial charge in [-0.05, 0) is 23.8 Å². The fourth-order valence-electron chi connectivity index (χ4n) is 4.30. The number of hydrogen-bond acceptors (Lipinski definition) is 7. The molecule has 0 unspecified atom stereocenters. The first kappa shape index (κ1) is 26.5. The number of carbonyl (C=O) groups excluding carboxylic acids is 1. The fraction of sp³-hybridized carbons (Fsp3) is 0.0571. The molecule has 0 spiro atoms. The van der Waals surface area contributed by atoms with Crippen LogP contribution in [0.1, 0.15) is 27.4 Å². The second-order valence-electron chi connectivity index (χ2n) is 9.43. The molecule has 0 aliphatic rings. The second kappa shape index (κ2) is 12.7. The fourth-order valence-corrected chi connectivity index (χ4v) is 4.30. The third-order valence-electron chi connectivity index (χ3n) is 6.45. The van der Waals surface area contributed by atoms with E-state index < -0.39 is 0 Å². The summed E-state index contributed by atoms with van der Waals surface area (Å²) in [4.78, 5) is 13.2. The van der Waals surface area contributed by atoms with Gasteiger partial charge in [-0.2, -0.15) is 0 Å². The van der Waals surface area contributed by atoms with Crippen molar-refractivity contribution < 1.29 is 23.3 Å². The van der Waals surface area contributed by atoms with Crippen molar-refractivity contribution in [2.24, 2.45) is 0 Å². The van der Waals surface area contributed by atoms with Crippen LogP contribution in [0.3, 0.4) is 0 Å². The van der Waals surface area contributed by atoms with Crippen LogP contribution in [0.4, 0.5) is 0 Å². The Morgan fingerprint density at radius 3 is 1.79 bits per heavy atom. The standard InChI is InChI=1S/C35H26N2O5/c38-34(19-16-25-10-4-1-5-11-25)31-18-17-28(39-23-29-20-32(36-41-29)26-12-6-2-7-13-26)22-35(31)40-24-30-21-33(37-42-30)27-14-8-3-9-15-27/h1-22H,23-24H2/b19-16+. The van der Waals surface area contributed by atoms with Crippen LogP contribution in [0.2, 0.25) is 0 Å². The summed E-state index contributed by atoms with van der Waals surface area (Å²) in [6.45, 7) is 0.234. The molecule has 0 saturated heterocycles. The number of carbonyl (C=O) groups is 1. The first-order valence-corrected chi connectivity index (χ1v) is 13.4. The molecule has 0 fully saturated rings. The molecule has 6 aromatic rings. The smallest absolute Gasteiger partial charge is 0.189 e. The van der Waals surface area contributed by atoms with E-state index in [1.165, 1.54) is 6.08 Å². The van der Waals surface area contributed by atoms with Crippen LogP contribution in [0.25, 0.3) is 28.6 Å². The SMILES string of the molecule is O=C(/C=C/c1ccccc1)c1ccc(OCc2cc(-c3ccccc3)no2)cc1OCc1cc(-c2ccccc2)no1.